The summed E-state index contributed by atoms with van der Waals surface area (Å²) in [6.45, 7) is 2.65. The van der Waals surface area contributed by atoms with E-state index in [4.69, 9.17) is 4.84 Å². The van der Waals surface area contributed by atoms with Crippen LogP contribution in [0.15, 0.2) is 124 Å². The van der Waals surface area contributed by atoms with Crippen LogP contribution in [0.3, 0.4) is 0 Å². The molecule has 0 aliphatic rings. The van der Waals surface area contributed by atoms with Crippen LogP contribution in [0, 0.1) is 17.0 Å². The zero-order valence-corrected chi connectivity index (χ0v) is 24.0. The van der Waals surface area contributed by atoms with E-state index in [0.29, 0.717) is 11.1 Å². The molecule has 0 bridgehead atoms. The number of carbonyl (C=O) groups excluding carboxylic acids is 3. The summed E-state index contributed by atoms with van der Waals surface area (Å²) in [5, 5.41) is 17.3. The smallest absolute Gasteiger partial charge is 0.318 e. The van der Waals surface area contributed by atoms with E-state index >= 15 is 0 Å². The molecule has 0 N–H and O–H groups in total. The van der Waals surface area contributed by atoms with Crippen LogP contribution in [0.4, 0.5) is 5.69 Å². The zero-order chi connectivity index (χ0) is 30.5. The van der Waals surface area contributed by atoms with Crippen molar-refractivity contribution >= 4 is 51.5 Å². The molecule has 0 aromatic heterocycles. The molecular formula is C34H24N2O6S. The van der Waals surface area contributed by atoms with E-state index in [0.717, 1.165) is 27.5 Å². The van der Waals surface area contributed by atoms with Crippen LogP contribution in [0.5, 0.6) is 0 Å². The average Bonchev–Trinajstić information content (AvgIpc) is 3.01. The lowest BCUT2D eigenvalue weighted by Gasteiger charge is -2.10. The van der Waals surface area contributed by atoms with Crippen LogP contribution in [-0.2, 0) is 9.63 Å². The highest BCUT2D eigenvalue weighted by Gasteiger charge is 2.24. The number of oxime groups is 1. The molecule has 0 saturated carbocycles. The summed E-state index contributed by atoms with van der Waals surface area (Å²) in [5.74, 6) is -1.35. The van der Waals surface area contributed by atoms with Gasteiger partial charge in [0.15, 0.2) is 11.5 Å². The molecule has 0 radical (unpaired) electrons. The quantitative estimate of drug-likeness (QED) is 0.0573. The van der Waals surface area contributed by atoms with Gasteiger partial charge in [-0.3, -0.25) is 19.7 Å². The maximum Gasteiger partial charge on any atom is 0.332 e. The molecule has 0 heterocycles. The number of rotatable bonds is 9. The number of nitro groups is 1. The number of hydrogen-bond donors (Lipinski definition) is 0. The minimum Gasteiger partial charge on any atom is -0.318 e. The summed E-state index contributed by atoms with van der Waals surface area (Å²) in [7, 11) is 0. The van der Waals surface area contributed by atoms with Gasteiger partial charge in [0.25, 0.3) is 5.69 Å². The Kier molecular flexibility index (Phi) is 8.54. The van der Waals surface area contributed by atoms with Gasteiger partial charge in [-0.2, -0.15) is 0 Å². The van der Waals surface area contributed by atoms with Crippen LogP contribution in [0.1, 0.15) is 44.3 Å². The first-order valence-electron chi connectivity index (χ1n) is 13.2. The van der Waals surface area contributed by atoms with Gasteiger partial charge in [-0.15, -0.1) is 0 Å². The summed E-state index contributed by atoms with van der Waals surface area (Å²) < 4.78 is 0. The maximum absolute atomic E-state index is 13.4. The van der Waals surface area contributed by atoms with Gasteiger partial charge in [0.1, 0.15) is 0 Å². The van der Waals surface area contributed by atoms with Crippen molar-refractivity contribution in [3.8, 4) is 0 Å². The van der Waals surface area contributed by atoms with Gasteiger partial charge in [0.05, 0.1) is 4.92 Å². The van der Waals surface area contributed by atoms with Crippen LogP contribution in [-0.4, -0.2) is 28.2 Å². The summed E-state index contributed by atoms with van der Waals surface area (Å²) in [6, 6.07) is 31.9. The fraction of sp³-hybridized carbons (Fsp3) is 0.0588. The number of nitrogens with zero attached hydrogens (tertiary/aromatic N) is 2. The molecule has 0 aliphatic heterocycles. The molecule has 0 aliphatic carbocycles. The molecule has 0 atom stereocenters. The fourth-order valence-corrected chi connectivity index (χ4v) is 5.34. The van der Waals surface area contributed by atoms with Crippen LogP contribution in [0.25, 0.3) is 10.8 Å². The van der Waals surface area contributed by atoms with E-state index in [1.807, 2.05) is 54.6 Å². The van der Waals surface area contributed by atoms with Gasteiger partial charge in [-0.1, -0.05) is 65.4 Å². The number of nitro benzene ring substituents is 1. The Labute approximate surface area is 251 Å². The molecule has 8 nitrogen and oxygen atoms in total. The van der Waals surface area contributed by atoms with Crippen LogP contribution >= 0.6 is 11.8 Å². The van der Waals surface area contributed by atoms with Gasteiger partial charge in [-0.05, 0) is 72.3 Å². The SMILES string of the molecule is CC(=O)ON=C(C(=O)c1ccc(Sc2ccc(C(=O)c3ccc4ccccc4c3)cc2)cc1)c1cccc([N+](=O)[O-])c1C. The first kappa shape index (κ1) is 29.1. The average molecular weight is 589 g/mol. The molecule has 5 rings (SSSR count). The summed E-state index contributed by atoms with van der Waals surface area (Å²) in [4.78, 5) is 55.3. The topological polar surface area (TPSA) is 116 Å². The predicted molar refractivity (Wildman–Crippen MR) is 165 cm³/mol. The molecule has 0 amide bonds. The van der Waals surface area contributed by atoms with E-state index in [9.17, 15) is 24.5 Å². The molecular weight excluding hydrogens is 564 g/mol. The number of Topliss-reactive ketones (excluding diaryl/α,β-unsaturated/α-hetero) is 1. The third-order valence-corrected chi connectivity index (χ3v) is 7.73. The lowest BCUT2D eigenvalue weighted by molar-refractivity contribution is -0.385. The van der Waals surface area contributed by atoms with Crippen LogP contribution < -0.4 is 0 Å². The second-order valence-corrected chi connectivity index (χ2v) is 10.7. The first-order chi connectivity index (χ1) is 20.7. The minimum absolute atomic E-state index is 0.0598. The van der Waals surface area contributed by atoms with Gasteiger partial charge in [0.2, 0.25) is 5.78 Å². The maximum atomic E-state index is 13.4. The third-order valence-electron chi connectivity index (χ3n) is 6.72. The molecule has 212 valence electrons. The van der Waals surface area contributed by atoms with Crippen molar-refractivity contribution in [1.29, 1.82) is 0 Å². The Bertz CT molecular complexity index is 1910. The van der Waals surface area contributed by atoms with Gasteiger partial charge >= 0.3 is 5.97 Å². The first-order valence-corrected chi connectivity index (χ1v) is 14.0. The van der Waals surface area contributed by atoms with E-state index < -0.39 is 16.7 Å². The molecule has 9 heteroatoms. The normalized spacial score (nSPS) is 11.3. The number of fused-ring (bicyclic) bond motifs is 1. The lowest BCUT2D eigenvalue weighted by Crippen LogP contribution is -2.18. The second-order valence-electron chi connectivity index (χ2n) is 9.60. The van der Waals surface area contributed by atoms with Gasteiger partial charge < -0.3 is 4.84 Å². The molecule has 43 heavy (non-hydrogen) atoms. The van der Waals surface area contributed by atoms with Gasteiger partial charge in [0, 0.05) is 50.6 Å². The highest BCUT2D eigenvalue weighted by Crippen LogP contribution is 2.29. The molecule has 5 aromatic carbocycles. The molecule has 0 saturated heterocycles. The number of benzene rings is 5. The molecule has 0 spiro atoms. The predicted octanol–water partition coefficient (Wildman–Crippen LogP) is 7.59. The van der Waals surface area contributed by atoms with Crippen molar-refractivity contribution in [3.63, 3.8) is 0 Å². The van der Waals surface area contributed by atoms with Crippen molar-refractivity contribution in [2.24, 2.45) is 5.16 Å². The lowest BCUT2D eigenvalue weighted by atomic mass is 9.96. The third kappa shape index (κ3) is 6.58. The monoisotopic (exact) mass is 588 g/mol. The van der Waals surface area contributed by atoms with Crippen molar-refractivity contribution in [2.75, 3.05) is 0 Å². The summed E-state index contributed by atoms with van der Waals surface area (Å²) in [6.07, 6.45) is 0. The summed E-state index contributed by atoms with van der Waals surface area (Å²) in [5.41, 5.74) is 1.48. The van der Waals surface area contributed by atoms with Crippen molar-refractivity contribution in [1.82, 2.24) is 0 Å². The largest absolute Gasteiger partial charge is 0.332 e. The highest BCUT2D eigenvalue weighted by molar-refractivity contribution is 7.99. The Morgan fingerprint density at radius 1 is 0.744 bits per heavy atom. The fourth-order valence-electron chi connectivity index (χ4n) is 4.52. The van der Waals surface area contributed by atoms with Crippen molar-refractivity contribution in [3.05, 3.63) is 147 Å². The molecule has 0 unspecified atom stereocenters. The molecule has 0 fully saturated rings. The van der Waals surface area contributed by atoms with E-state index in [1.165, 1.54) is 36.9 Å². The van der Waals surface area contributed by atoms with Crippen molar-refractivity contribution < 1.29 is 24.1 Å². The highest BCUT2D eigenvalue weighted by atomic mass is 32.2. The van der Waals surface area contributed by atoms with E-state index in [1.54, 1.807) is 36.4 Å². The van der Waals surface area contributed by atoms with Gasteiger partial charge in [-0.25, -0.2) is 4.79 Å². The standard InChI is InChI=1S/C34H24N2O6S/c1-21-30(8-5-9-31(21)36(40)41)32(35-42-22(2)37)34(39)25-14-18-29(19-15-25)43-28-16-12-24(13-17-28)33(38)27-11-10-23-6-3-4-7-26(23)20-27/h3-20H,1-2H3. The molecule has 5 aromatic rings. The van der Waals surface area contributed by atoms with Crippen molar-refractivity contribution in [2.45, 2.75) is 23.6 Å². The number of carbonyl (C=O) groups is 3. The Morgan fingerprint density at radius 2 is 1.35 bits per heavy atom. The zero-order valence-electron chi connectivity index (χ0n) is 23.1. The number of ketones is 2. The minimum atomic E-state index is -0.731. The Morgan fingerprint density at radius 3 is 1.98 bits per heavy atom. The van der Waals surface area contributed by atoms with Crippen LogP contribution in [0.2, 0.25) is 0 Å². The second kappa shape index (κ2) is 12.6. The van der Waals surface area contributed by atoms with E-state index in [-0.39, 0.29) is 33.9 Å². The Hall–Kier alpha value is -5.41. The Balaban J connectivity index is 1.32. The summed E-state index contributed by atoms with van der Waals surface area (Å²) >= 11 is 1.46. The van der Waals surface area contributed by atoms with E-state index in [2.05, 4.69) is 5.16 Å². The number of hydrogen-bond acceptors (Lipinski definition) is 8.